The van der Waals surface area contributed by atoms with Crippen LogP contribution in [0, 0.1) is 0 Å². The first-order valence-corrected chi connectivity index (χ1v) is 8.96. The second-order valence-corrected chi connectivity index (χ2v) is 9.59. The minimum atomic E-state index is -1.87. The van der Waals surface area contributed by atoms with Crippen LogP contribution in [-0.4, -0.2) is 30.5 Å². The minimum Gasteiger partial charge on any atom is -0.393 e. The van der Waals surface area contributed by atoms with Crippen molar-refractivity contribution in [1.29, 1.82) is 0 Å². The van der Waals surface area contributed by atoms with Crippen LogP contribution in [0.3, 0.4) is 0 Å². The highest BCUT2D eigenvalue weighted by Gasteiger charge is 2.31. The maximum Gasteiger partial charge on any atom is 0.110 e. The molecule has 2 N–H and O–H groups in total. The summed E-state index contributed by atoms with van der Waals surface area (Å²) in [4.78, 5) is 0. The molecule has 94 valence electrons. The lowest BCUT2D eigenvalue weighted by Gasteiger charge is -2.29. The van der Waals surface area contributed by atoms with E-state index in [1.165, 1.54) is 5.19 Å². The molecule has 2 nitrogen and oxygen atoms in total. The Morgan fingerprint density at radius 1 is 1.24 bits per heavy atom. The summed E-state index contributed by atoms with van der Waals surface area (Å²) >= 11 is 0. The van der Waals surface area contributed by atoms with E-state index in [4.69, 9.17) is 0 Å². The van der Waals surface area contributed by atoms with Gasteiger partial charge < -0.3 is 10.2 Å². The van der Waals surface area contributed by atoms with Gasteiger partial charge in [-0.15, -0.1) is 6.58 Å². The molecule has 17 heavy (non-hydrogen) atoms. The highest BCUT2D eigenvalue weighted by atomic mass is 28.3. The molecular formula is C14H22O2Si. The van der Waals surface area contributed by atoms with Gasteiger partial charge in [0.2, 0.25) is 0 Å². The Balaban J connectivity index is 2.87. The molecule has 0 aliphatic heterocycles. The molecule has 1 rings (SSSR count). The number of aliphatic hydroxyl groups excluding tert-OH is 2. The molecule has 0 heterocycles. The molecule has 0 radical (unpaired) electrons. The Morgan fingerprint density at radius 3 is 2.24 bits per heavy atom. The topological polar surface area (TPSA) is 40.5 Å². The normalized spacial score (nSPS) is 15.4. The lowest BCUT2D eigenvalue weighted by Crippen LogP contribution is -2.47. The van der Waals surface area contributed by atoms with Crippen LogP contribution in [0.15, 0.2) is 42.1 Å². The van der Waals surface area contributed by atoms with Crippen LogP contribution < -0.4 is 5.19 Å². The van der Waals surface area contributed by atoms with Crippen LogP contribution in [0.1, 0.15) is 13.3 Å². The van der Waals surface area contributed by atoms with Crippen molar-refractivity contribution < 1.29 is 10.2 Å². The summed E-state index contributed by atoms with van der Waals surface area (Å²) in [5, 5.41) is 21.5. The van der Waals surface area contributed by atoms with Gasteiger partial charge in [0.1, 0.15) is 8.07 Å². The van der Waals surface area contributed by atoms with Crippen LogP contribution >= 0.6 is 0 Å². The van der Waals surface area contributed by atoms with E-state index in [1.54, 1.807) is 6.92 Å². The fourth-order valence-corrected chi connectivity index (χ4v) is 4.27. The summed E-state index contributed by atoms with van der Waals surface area (Å²) in [6.45, 7) is 10.1. The lowest BCUT2D eigenvalue weighted by atomic mass is 10.2. The van der Waals surface area contributed by atoms with Gasteiger partial charge in [0.15, 0.2) is 0 Å². The van der Waals surface area contributed by atoms with Crippen molar-refractivity contribution in [2.45, 2.75) is 38.6 Å². The average Bonchev–Trinajstić information content (AvgIpc) is 2.28. The van der Waals surface area contributed by atoms with Crippen LogP contribution in [-0.2, 0) is 0 Å². The molecule has 0 unspecified atom stereocenters. The van der Waals surface area contributed by atoms with Crippen LogP contribution in [0.25, 0.3) is 0 Å². The maximum atomic E-state index is 10.1. The molecule has 0 spiro atoms. The Labute approximate surface area is 105 Å². The zero-order chi connectivity index (χ0) is 13.1. The predicted octanol–water partition coefficient (Wildman–Crippen LogP) is 1.83. The summed E-state index contributed by atoms with van der Waals surface area (Å²) in [6, 6.07) is 10.2. The van der Waals surface area contributed by atoms with Crippen LogP contribution in [0.2, 0.25) is 13.1 Å². The van der Waals surface area contributed by atoms with Gasteiger partial charge in [-0.05, 0) is 6.92 Å². The molecule has 1 aromatic carbocycles. The highest BCUT2D eigenvalue weighted by molar-refractivity contribution is 6.95. The zero-order valence-corrected chi connectivity index (χ0v) is 11.9. The number of hydrogen-bond acceptors (Lipinski definition) is 2. The van der Waals surface area contributed by atoms with E-state index in [2.05, 4.69) is 31.8 Å². The van der Waals surface area contributed by atoms with Gasteiger partial charge in [0, 0.05) is 6.42 Å². The fraction of sp³-hybridized carbons (Fsp3) is 0.429. The smallest absolute Gasteiger partial charge is 0.110 e. The second-order valence-electron chi connectivity index (χ2n) is 5.12. The van der Waals surface area contributed by atoms with Gasteiger partial charge in [-0.2, -0.15) is 0 Å². The second kappa shape index (κ2) is 5.62. The standard InChI is InChI=1S/C14H22O2Si/c1-11(15)10-14(16)12(2)17(3,4)13-8-6-5-7-9-13/h5-9,11,14-16H,2,10H2,1,3-4H3/t11-,14-/m0/s1. The fourth-order valence-electron chi connectivity index (χ4n) is 1.92. The Kier molecular flexibility index (Phi) is 4.68. The van der Waals surface area contributed by atoms with Gasteiger partial charge in [0.25, 0.3) is 0 Å². The zero-order valence-electron chi connectivity index (χ0n) is 10.9. The van der Waals surface area contributed by atoms with Gasteiger partial charge in [-0.1, -0.05) is 53.8 Å². The van der Waals surface area contributed by atoms with Crippen LogP contribution in [0.5, 0.6) is 0 Å². The third-order valence-corrected chi connectivity index (χ3v) is 6.98. The molecule has 0 bridgehead atoms. The SMILES string of the molecule is C=C([C@@H](O)C[C@H](C)O)[Si](C)(C)c1ccccc1. The summed E-state index contributed by atoms with van der Waals surface area (Å²) < 4.78 is 0. The molecule has 0 saturated carbocycles. The van der Waals surface area contributed by atoms with Crippen molar-refractivity contribution in [1.82, 2.24) is 0 Å². The Bertz CT molecular complexity index is 371. The first kappa shape index (κ1) is 14.2. The molecule has 0 aliphatic rings. The van der Waals surface area contributed by atoms with Gasteiger partial charge in [-0.3, -0.25) is 0 Å². The highest BCUT2D eigenvalue weighted by Crippen LogP contribution is 2.19. The molecule has 0 amide bonds. The molecule has 0 aromatic heterocycles. The van der Waals surface area contributed by atoms with Gasteiger partial charge in [0.05, 0.1) is 12.2 Å². The number of hydrogen-bond donors (Lipinski definition) is 2. The minimum absolute atomic E-state index is 0.363. The quantitative estimate of drug-likeness (QED) is 0.783. The molecule has 0 aliphatic carbocycles. The van der Waals surface area contributed by atoms with E-state index < -0.39 is 20.3 Å². The van der Waals surface area contributed by atoms with Crippen molar-refractivity contribution >= 4 is 13.3 Å². The van der Waals surface area contributed by atoms with E-state index in [0.29, 0.717) is 6.42 Å². The van der Waals surface area contributed by atoms with Crippen molar-refractivity contribution in [3.05, 3.63) is 42.1 Å². The molecule has 2 atom stereocenters. The molecule has 0 saturated heterocycles. The molecular weight excluding hydrogens is 228 g/mol. The maximum absolute atomic E-state index is 10.1. The Hall–Kier alpha value is -0.903. The summed E-state index contributed by atoms with van der Waals surface area (Å²) in [5.41, 5.74) is 0. The summed E-state index contributed by atoms with van der Waals surface area (Å²) in [6.07, 6.45) is -0.749. The van der Waals surface area contributed by atoms with E-state index >= 15 is 0 Å². The van der Waals surface area contributed by atoms with E-state index in [0.717, 1.165) is 5.20 Å². The van der Waals surface area contributed by atoms with Crippen molar-refractivity contribution in [3.63, 3.8) is 0 Å². The number of rotatable bonds is 5. The number of aliphatic hydroxyl groups is 2. The lowest BCUT2D eigenvalue weighted by molar-refractivity contribution is 0.114. The first-order valence-electron chi connectivity index (χ1n) is 5.96. The molecule has 3 heteroatoms. The summed E-state index contributed by atoms with van der Waals surface area (Å²) in [7, 11) is -1.87. The average molecular weight is 250 g/mol. The number of benzene rings is 1. The van der Waals surface area contributed by atoms with Gasteiger partial charge in [-0.25, -0.2) is 0 Å². The van der Waals surface area contributed by atoms with Crippen molar-refractivity contribution in [2.24, 2.45) is 0 Å². The van der Waals surface area contributed by atoms with E-state index in [1.807, 2.05) is 18.2 Å². The molecule has 0 fully saturated rings. The van der Waals surface area contributed by atoms with Crippen LogP contribution in [0.4, 0.5) is 0 Å². The first-order chi connectivity index (χ1) is 7.85. The van der Waals surface area contributed by atoms with Gasteiger partial charge >= 0.3 is 0 Å². The third-order valence-electron chi connectivity index (χ3n) is 3.26. The van der Waals surface area contributed by atoms with E-state index in [-0.39, 0.29) is 0 Å². The Morgan fingerprint density at radius 2 is 1.76 bits per heavy atom. The van der Waals surface area contributed by atoms with Crippen molar-refractivity contribution in [3.8, 4) is 0 Å². The third kappa shape index (κ3) is 3.53. The molecule has 1 aromatic rings. The van der Waals surface area contributed by atoms with Crippen molar-refractivity contribution in [2.75, 3.05) is 0 Å². The monoisotopic (exact) mass is 250 g/mol. The van der Waals surface area contributed by atoms with E-state index in [9.17, 15) is 10.2 Å². The largest absolute Gasteiger partial charge is 0.393 e. The summed E-state index contributed by atoms with van der Waals surface area (Å²) in [5.74, 6) is 0. The predicted molar refractivity (Wildman–Crippen MR) is 75.0 cm³/mol.